The van der Waals surface area contributed by atoms with Crippen molar-refractivity contribution >= 4 is 17.7 Å². The number of carbonyl (C=O) groups excluding carboxylic acids is 1. The minimum Gasteiger partial charge on any atom is -0.497 e. The smallest absolute Gasteiger partial charge is 0.266 e. The molecule has 5 nitrogen and oxygen atoms in total. The van der Waals surface area contributed by atoms with Gasteiger partial charge in [0.2, 0.25) is 0 Å². The molecule has 0 aliphatic rings. The van der Waals surface area contributed by atoms with Crippen molar-refractivity contribution in [3.05, 3.63) is 65.2 Å². The van der Waals surface area contributed by atoms with Crippen LogP contribution in [0.4, 0.5) is 5.69 Å². The number of rotatable bonds is 4. The van der Waals surface area contributed by atoms with Gasteiger partial charge in [-0.2, -0.15) is 10.5 Å². The van der Waals surface area contributed by atoms with Crippen LogP contribution in [0.25, 0.3) is 6.08 Å². The molecule has 0 saturated carbocycles. The molecule has 0 aromatic heterocycles. The van der Waals surface area contributed by atoms with E-state index in [-0.39, 0.29) is 5.57 Å². The SMILES string of the molecule is COc1ccc(NC(=O)/C(C#N)=C\c2ccc(C#N)cc2)cc1. The molecular weight excluding hydrogens is 290 g/mol. The summed E-state index contributed by atoms with van der Waals surface area (Å²) >= 11 is 0. The average Bonchev–Trinajstić information content (AvgIpc) is 2.60. The fourth-order valence-electron chi connectivity index (χ4n) is 1.84. The van der Waals surface area contributed by atoms with E-state index >= 15 is 0 Å². The van der Waals surface area contributed by atoms with E-state index in [0.717, 1.165) is 0 Å². The molecule has 2 aromatic rings. The van der Waals surface area contributed by atoms with Crippen LogP contribution in [0.1, 0.15) is 11.1 Å². The van der Waals surface area contributed by atoms with Gasteiger partial charge in [-0.15, -0.1) is 0 Å². The molecule has 2 aromatic carbocycles. The molecule has 0 spiro atoms. The molecule has 2 rings (SSSR count). The molecule has 23 heavy (non-hydrogen) atoms. The van der Waals surface area contributed by atoms with Crippen molar-refractivity contribution in [2.75, 3.05) is 12.4 Å². The number of nitrogens with one attached hydrogen (secondary N) is 1. The first kappa shape index (κ1) is 15.8. The highest BCUT2D eigenvalue weighted by Gasteiger charge is 2.09. The first-order chi connectivity index (χ1) is 11.2. The van der Waals surface area contributed by atoms with Crippen LogP contribution in [0.15, 0.2) is 54.1 Å². The molecule has 0 unspecified atom stereocenters. The zero-order valence-electron chi connectivity index (χ0n) is 12.4. The van der Waals surface area contributed by atoms with Gasteiger partial charge in [0.15, 0.2) is 0 Å². The molecule has 1 N–H and O–H groups in total. The fraction of sp³-hybridized carbons (Fsp3) is 0.0556. The number of carbonyl (C=O) groups is 1. The Morgan fingerprint density at radius 1 is 1.09 bits per heavy atom. The first-order valence-corrected chi connectivity index (χ1v) is 6.73. The maximum absolute atomic E-state index is 12.1. The van der Waals surface area contributed by atoms with E-state index < -0.39 is 5.91 Å². The lowest BCUT2D eigenvalue weighted by molar-refractivity contribution is -0.112. The third-order valence-electron chi connectivity index (χ3n) is 3.06. The molecule has 0 saturated heterocycles. The molecule has 0 fully saturated rings. The highest BCUT2D eigenvalue weighted by molar-refractivity contribution is 6.09. The Morgan fingerprint density at radius 2 is 1.74 bits per heavy atom. The van der Waals surface area contributed by atoms with Gasteiger partial charge in [0.25, 0.3) is 5.91 Å². The Morgan fingerprint density at radius 3 is 2.26 bits per heavy atom. The van der Waals surface area contributed by atoms with Gasteiger partial charge in [0, 0.05) is 5.69 Å². The van der Waals surface area contributed by atoms with Gasteiger partial charge in [0.05, 0.1) is 18.7 Å². The summed E-state index contributed by atoms with van der Waals surface area (Å²) in [5.41, 5.74) is 1.73. The summed E-state index contributed by atoms with van der Waals surface area (Å²) in [4.78, 5) is 12.1. The molecule has 0 heterocycles. The van der Waals surface area contributed by atoms with Gasteiger partial charge in [-0.25, -0.2) is 0 Å². The van der Waals surface area contributed by atoms with Gasteiger partial charge in [-0.3, -0.25) is 4.79 Å². The third-order valence-corrected chi connectivity index (χ3v) is 3.06. The molecule has 0 atom stereocenters. The van der Waals surface area contributed by atoms with E-state index in [0.29, 0.717) is 22.6 Å². The highest BCUT2D eigenvalue weighted by atomic mass is 16.5. The quantitative estimate of drug-likeness (QED) is 0.694. The van der Waals surface area contributed by atoms with Crippen molar-refractivity contribution < 1.29 is 9.53 Å². The lowest BCUT2D eigenvalue weighted by Gasteiger charge is -2.05. The van der Waals surface area contributed by atoms with Crippen molar-refractivity contribution in [2.45, 2.75) is 0 Å². The van der Waals surface area contributed by atoms with Crippen molar-refractivity contribution in [2.24, 2.45) is 0 Å². The lowest BCUT2D eigenvalue weighted by Crippen LogP contribution is -2.13. The molecule has 5 heteroatoms. The zero-order valence-corrected chi connectivity index (χ0v) is 12.4. The van der Waals surface area contributed by atoms with E-state index in [1.54, 1.807) is 55.6 Å². The monoisotopic (exact) mass is 303 g/mol. The zero-order chi connectivity index (χ0) is 16.7. The van der Waals surface area contributed by atoms with Gasteiger partial charge in [-0.1, -0.05) is 12.1 Å². The summed E-state index contributed by atoms with van der Waals surface area (Å²) in [5, 5.41) is 20.6. The molecular formula is C18H13N3O2. The molecule has 0 aliphatic carbocycles. The normalized spacial score (nSPS) is 10.3. The van der Waals surface area contributed by atoms with Gasteiger partial charge < -0.3 is 10.1 Å². The fourth-order valence-corrected chi connectivity index (χ4v) is 1.84. The van der Waals surface area contributed by atoms with Gasteiger partial charge in [0.1, 0.15) is 17.4 Å². The Hall–Kier alpha value is -3.57. The highest BCUT2D eigenvalue weighted by Crippen LogP contribution is 2.16. The Balaban J connectivity index is 2.15. The largest absolute Gasteiger partial charge is 0.497 e. The third kappa shape index (κ3) is 4.20. The Labute approximate surface area is 134 Å². The lowest BCUT2D eigenvalue weighted by atomic mass is 10.1. The number of anilines is 1. The Kier molecular flexibility index (Phi) is 5.12. The predicted octanol–water partition coefficient (Wildman–Crippen LogP) is 3.11. The van der Waals surface area contributed by atoms with Crippen LogP contribution < -0.4 is 10.1 Å². The van der Waals surface area contributed by atoms with Crippen LogP contribution in [0.5, 0.6) is 5.75 Å². The van der Waals surface area contributed by atoms with Crippen molar-refractivity contribution in [1.29, 1.82) is 10.5 Å². The molecule has 0 bridgehead atoms. The van der Waals surface area contributed by atoms with Crippen molar-refractivity contribution in [3.8, 4) is 17.9 Å². The van der Waals surface area contributed by atoms with Crippen LogP contribution in [-0.2, 0) is 4.79 Å². The number of benzene rings is 2. The summed E-state index contributed by atoms with van der Waals surface area (Å²) < 4.78 is 5.04. The maximum Gasteiger partial charge on any atom is 0.266 e. The van der Waals surface area contributed by atoms with E-state index in [9.17, 15) is 4.79 Å². The van der Waals surface area contributed by atoms with Gasteiger partial charge in [-0.05, 0) is 48.0 Å². The summed E-state index contributed by atoms with van der Waals surface area (Å²) in [6.07, 6.45) is 1.47. The van der Waals surface area contributed by atoms with E-state index in [1.807, 2.05) is 12.1 Å². The summed E-state index contributed by atoms with van der Waals surface area (Å²) in [7, 11) is 1.56. The van der Waals surface area contributed by atoms with E-state index in [4.69, 9.17) is 15.3 Å². The standard InChI is InChI=1S/C18H13N3O2/c1-23-17-8-6-16(7-9-17)21-18(22)15(12-20)10-13-2-4-14(11-19)5-3-13/h2-10H,1H3,(H,21,22)/b15-10-. The number of methoxy groups -OCH3 is 1. The number of nitriles is 2. The predicted molar refractivity (Wildman–Crippen MR) is 86.4 cm³/mol. The number of hydrogen-bond donors (Lipinski definition) is 1. The summed E-state index contributed by atoms with van der Waals surface area (Å²) in [6, 6.07) is 17.3. The summed E-state index contributed by atoms with van der Waals surface area (Å²) in [5.74, 6) is 0.179. The number of hydrogen-bond acceptors (Lipinski definition) is 4. The molecule has 0 radical (unpaired) electrons. The van der Waals surface area contributed by atoms with Crippen LogP contribution in [0.3, 0.4) is 0 Å². The van der Waals surface area contributed by atoms with Gasteiger partial charge >= 0.3 is 0 Å². The van der Waals surface area contributed by atoms with Crippen LogP contribution >= 0.6 is 0 Å². The molecule has 0 aliphatic heterocycles. The number of ether oxygens (including phenoxy) is 1. The topological polar surface area (TPSA) is 85.9 Å². The van der Waals surface area contributed by atoms with Crippen LogP contribution in [0, 0.1) is 22.7 Å². The number of amides is 1. The van der Waals surface area contributed by atoms with E-state index in [2.05, 4.69) is 5.32 Å². The Bertz CT molecular complexity index is 807. The van der Waals surface area contributed by atoms with Crippen LogP contribution in [-0.4, -0.2) is 13.0 Å². The second-order valence-electron chi connectivity index (χ2n) is 4.59. The van der Waals surface area contributed by atoms with Crippen molar-refractivity contribution in [3.63, 3.8) is 0 Å². The summed E-state index contributed by atoms with van der Waals surface area (Å²) in [6.45, 7) is 0. The molecule has 112 valence electrons. The van der Waals surface area contributed by atoms with Crippen LogP contribution in [0.2, 0.25) is 0 Å². The average molecular weight is 303 g/mol. The minimum atomic E-state index is -0.498. The number of nitrogens with zero attached hydrogens (tertiary/aromatic N) is 2. The first-order valence-electron chi connectivity index (χ1n) is 6.73. The molecule has 1 amide bonds. The second kappa shape index (κ2) is 7.44. The minimum absolute atomic E-state index is 0.0227. The van der Waals surface area contributed by atoms with Crippen molar-refractivity contribution in [1.82, 2.24) is 0 Å². The second-order valence-corrected chi connectivity index (χ2v) is 4.59. The van der Waals surface area contributed by atoms with E-state index in [1.165, 1.54) is 6.08 Å². The maximum atomic E-state index is 12.1.